The number of ether oxygens (including phenoxy) is 1. The molecule has 1 aromatic rings. The zero-order chi connectivity index (χ0) is 20.5. The van der Waals surface area contributed by atoms with E-state index in [1.54, 1.807) is 19.2 Å². The maximum absolute atomic E-state index is 11.3. The Bertz CT molecular complexity index is 525. The molecular formula is C25H42O3. The highest BCUT2D eigenvalue weighted by Crippen LogP contribution is 2.21. The predicted molar refractivity (Wildman–Crippen MR) is 119 cm³/mol. The third-order valence-electron chi connectivity index (χ3n) is 5.59. The molecule has 0 heterocycles. The Morgan fingerprint density at radius 2 is 1.25 bits per heavy atom. The van der Waals surface area contributed by atoms with Crippen molar-refractivity contribution < 1.29 is 14.6 Å². The Kier molecular flexibility index (Phi) is 14.4. The van der Waals surface area contributed by atoms with Crippen LogP contribution in [0.5, 0.6) is 5.75 Å². The standard InChI is InChI=1S/C25H42O3/c1-3-4-5-6-7-8-9-10-11-12-13-14-15-16-17-18-22-21-23(28-2)19-20-24(22)25(26)27/h19-21H,3-18H2,1-2H3,(H,26,27). The summed E-state index contributed by atoms with van der Waals surface area (Å²) in [6.45, 7) is 2.27. The lowest BCUT2D eigenvalue weighted by Gasteiger charge is -2.09. The molecule has 0 aliphatic heterocycles. The fraction of sp³-hybridized carbons (Fsp3) is 0.720. The molecule has 0 bridgehead atoms. The van der Waals surface area contributed by atoms with Gasteiger partial charge in [-0.2, -0.15) is 0 Å². The van der Waals surface area contributed by atoms with Crippen molar-refractivity contribution in [3.8, 4) is 5.75 Å². The van der Waals surface area contributed by atoms with Crippen molar-refractivity contribution >= 4 is 5.97 Å². The monoisotopic (exact) mass is 390 g/mol. The lowest BCUT2D eigenvalue weighted by atomic mass is 9.99. The van der Waals surface area contributed by atoms with Gasteiger partial charge >= 0.3 is 5.97 Å². The number of hydrogen-bond donors (Lipinski definition) is 1. The molecule has 0 spiro atoms. The Morgan fingerprint density at radius 3 is 1.68 bits per heavy atom. The van der Waals surface area contributed by atoms with Gasteiger partial charge in [0.1, 0.15) is 5.75 Å². The van der Waals surface area contributed by atoms with Gasteiger partial charge in [0.05, 0.1) is 12.7 Å². The second-order valence-corrected chi connectivity index (χ2v) is 8.03. The van der Waals surface area contributed by atoms with Crippen molar-refractivity contribution in [2.75, 3.05) is 7.11 Å². The largest absolute Gasteiger partial charge is 0.497 e. The number of aryl methyl sites for hydroxylation is 1. The number of methoxy groups -OCH3 is 1. The third-order valence-corrected chi connectivity index (χ3v) is 5.59. The van der Waals surface area contributed by atoms with E-state index in [2.05, 4.69) is 6.92 Å². The summed E-state index contributed by atoms with van der Waals surface area (Å²) in [5, 5.41) is 9.31. The van der Waals surface area contributed by atoms with Crippen molar-refractivity contribution in [3.63, 3.8) is 0 Å². The van der Waals surface area contributed by atoms with Crippen LogP contribution in [0, 0.1) is 0 Å². The van der Waals surface area contributed by atoms with E-state index in [0.29, 0.717) is 5.56 Å². The summed E-state index contributed by atoms with van der Waals surface area (Å²) in [5.74, 6) is -0.112. The number of carboxylic acids is 1. The van der Waals surface area contributed by atoms with Crippen LogP contribution in [0.1, 0.15) is 119 Å². The first-order valence-corrected chi connectivity index (χ1v) is 11.6. The van der Waals surface area contributed by atoms with Crippen LogP contribution in [0.4, 0.5) is 0 Å². The third kappa shape index (κ3) is 11.4. The molecule has 3 heteroatoms. The smallest absolute Gasteiger partial charge is 0.335 e. The molecule has 0 unspecified atom stereocenters. The number of rotatable bonds is 18. The molecule has 28 heavy (non-hydrogen) atoms. The van der Waals surface area contributed by atoms with Crippen LogP contribution in [0.3, 0.4) is 0 Å². The number of hydrogen-bond acceptors (Lipinski definition) is 2. The fourth-order valence-corrected chi connectivity index (χ4v) is 3.80. The summed E-state index contributed by atoms with van der Waals surface area (Å²) < 4.78 is 5.23. The minimum atomic E-state index is -0.849. The minimum Gasteiger partial charge on any atom is -0.497 e. The number of unbranched alkanes of at least 4 members (excludes halogenated alkanes) is 14. The molecule has 0 aliphatic rings. The lowest BCUT2D eigenvalue weighted by molar-refractivity contribution is 0.0695. The fourth-order valence-electron chi connectivity index (χ4n) is 3.80. The molecule has 0 saturated heterocycles. The van der Waals surface area contributed by atoms with Gasteiger partial charge < -0.3 is 9.84 Å². The molecule has 1 aromatic carbocycles. The van der Waals surface area contributed by atoms with Crippen LogP contribution in [-0.4, -0.2) is 18.2 Å². The second-order valence-electron chi connectivity index (χ2n) is 8.03. The Morgan fingerprint density at radius 1 is 0.786 bits per heavy atom. The summed E-state index contributed by atoms with van der Waals surface area (Å²) in [6, 6.07) is 5.24. The Hall–Kier alpha value is -1.51. The van der Waals surface area contributed by atoms with Gasteiger partial charge in [-0.3, -0.25) is 0 Å². The average Bonchev–Trinajstić information content (AvgIpc) is 2.70. The summed E-state index contributed by atoms with van der Waals surface area (Å²) in [6.07, 6.45) is 21.0. The molecule has 0 radical (unpaired) electrons. The van der Waals surface area contributed by atoms with Crippen molar-refractivity contribution in [3.05, 3.63) is 29.3 Å². The SMILES string of the molecule is CCCCCCCCCCCCCCCCCc1cc(OC)ccc1C(=O)O. The first kappa shape index (κ1) is 24.5. The van der Waals surface area contributed by atoms with Crippen LogP contribution in [0.15, 0.2) is 18.2 Å². The summed E-state index contributed by atoms with van der Waals surface area (Å²) >= 11 is 0. The van der Waals surface area contributed by atoms with Crippen LogP contribution in [0.25, 0.3) is 0 Å². The van der Waals surface area contributed by atoms with Gasteiger partial charge in [0.2, 0.25) is 0 Å². The van der Waals surface area contributed by atoms with Crippen LogP contribution in [-0.2, 0) is 6.42 Å². The van der Waals surface area contributed by atoms with Gasteiger partial charge in [-0.15, -0.1) is 0 Å². The predicted octanol–water partition coefficient (Wildman–Crippen LogP) is 7.81. The maximum Gasteiger partial charge on any atom is 0.335 e. The Balaban J connectivity index is 1.99. The van der Waals surface area contributed by atoms with E-state index in [4.69, 9.17) is 4.74 Å². The minimum absolute atomic E-state index is 0.408. The van der Waals surface area contributed by atoms with E-state index in [-0.39, 0.29) is 0 Å². The zero-order valence-corrected chi connectivity index (χ0v) is 18.3. The molecule has 160 valence electrons. The van der Waals surface area contributed by atoms with Gasteiger partial charge in [-0.25, -0.2) is 4.79 Å². The van der Waals surface area contributed by atoms with Gasteiger partial charge in [0, 0.05) is 0 Å². The first-order valence-electron chi connectivity index (χ1n) is 11.6. The molecule has 0 fully saturated rings. The van der Waals surface area contributed by atoms with Crippen molar-refractivity contribution in [2.24, 2.45) is 0 Å². The van der Waals surface area contributed by atoms with E-state index in [1.807, 2.05) is 6.07 Å². The topological polar surface area (TPSA) is 46.5 Å². The van der Waals surface area contributed by atoms with E-state index in [1.165, 1.54) is 89.9 Å². The molecule has 0 atom stereocenters. The number of aromatic carboxylic acids is 1. The molecule has 1 N–H and O–H groups in total. The van der Waals surface area contributed by atoms with Gasteiger partial charge in [0.25, 0.3) is 0 Å². The van der Waals surface area contributed by atoms with Crippen molar-refractivity contribution in [2.45, 2.75) is 110 Å². The molecule has 0 aliphatic carbocycles. The molecular weight excluding hydrogens is 348 g/mol. The summed E-state index contributed by atoms with van der Waals surface area (Å²) in [5.41, 5.74) is 1.30. The van der Waals surface area contributed by atoms with E-state index >= 15 is 0 Å². The first-order chi connectivity index (χ1) is 13.7. The lowest BCUT2D eigenvalue weighted by Crippen LogP contribution is -2.03. The molecule has 0 aromatic heterocycles. The molecule has 0 saturated carbocycles. The van der Waals surface area contributed by atoms with Crippen LogP contribution >= 0.6 is 0 Å². The molecule has 1 rings (SSSR count). The zero-order valence-electron chi connectivity index (χ0n) is 18.3. The number of benzene rings is 1. The van der Waals surface area contributed by atoms with Gasteiger partial charge in [-0.05, 0) is 36.6 Å². The molecule has 3 nitrogen and oxygen atoms in total. The van der Waals surface area contributed by atoms with E-state index in [9.17, 15) is 9.90 Å². The van der Waals surface area contributed by atoms with Crippen LogP contribution < -0.4 is 4.74 Å². The van der Waals surface area contributed by atoms with E-state index < -0.39 is 5.97 Å². The van der Waals surface area contributed by atoms with Gasteiger partial charge in [-0.1, -0.05) is 96.8 Å². The Labute approximate surface area is 172 Å². The number of carboxylic acid groups (broad SMARTS) is 1. The normalized spacial score (nSPS) is 10.9. The number of carbonyl (C=O) groups is 1. The maximum atomic E-state index is 11.3. The van der Waals surface area contributed by atoms with Crippen molar-refractivity contribution in [1.82, 2.24) is 0 Å². The van der Waals surface area contributed by atoms with Gasteiger partial charge in [0.15, 0.2) is 0 Å². The summed E-state index contributed by atoms with van der Waals surface area (Å²) in [4.78, 5) is 11.3. The summed E-state index contributed by atoms with van der Waals surface area (Å²) in [7, 11) is 1.62. The quantitative estimate of drug-likeness (QED) is 0.260. The van der Waals surface area contributed by atoms with Crippen LogP contribution in [0.2, 0.25) is 0 Å². The highest BCUT2D eigenvalue weighted by atomic mass is 16.5. The van der Waals surface area contributed by atoms with E-state index in [0.717, 1.165) is 24.2 Å². The highest BCUT2D eigenvalue weighted by molar-refractivity contribution is 5.89. The highest BCUT2D eigenvalue weighted by Gasteiger charge is 2.10. The second kappa shape index (κ2) is 16.4. The van der Waals surface area contributed by atoms with Crippen molar-refractivity contribution in [1.29, 1.82) is 0 Å². The molecule has 0 amide bonds. The average molecular weight is 391 g/mol.